The molecule has 1 aliphatic heterocycles. The van der Waals surface area contributed by atoms with Crippen LogP contribution < -0.4 is 34.9 Å². The maximum atomic E-state index is 12.4. The number of carboxylic acid groups (broad SMARTS) is 1. The molecule has 5 nitrogen and oxygen atoms in total. The van der Waals surface area contributed by atoms with Crippen LogP contribution in [0.25, 0.3) is 16.8 Å². The van der Waals surface area contributed by atoms with E-state index in [1.165, 1.54) is 11.8 Å². The monoisotopic (exact) mass is 424 g/mol. The van der Waals surface area contributed by atoms with E-state index in [2.05, 4.69) is 16.4 Å². The van der Waals surface area contributed by atoms with E-state index in [9.17, 15) is 14.7 Å². The largest absolute Gasteiger partial charge is 1.00 e. The average molecular weight is 424 g/mol. The van der Waals surface area contributed by atoms with E-state index in [0.717, 1.165) is 16.3 Å². The maximum absolute atomic E-state index is 12.4. The number of amides is 1. The Hall–Kier alpha value is -2.38. The van der Waals surface area contributed by atoms with E-state index in [-0.39, 0.29) is 35.5 Å². The standard InChI is InChI=1S/C23H17N2O3S.Na/c1-14(22(27)28)18-8-4-5-9-19(18)24-23-25-21(26)20(29-23)13-15-10-11-16-6-2-3-7-17(16)12-15;/h2-3,5-14H,1H3,(H,27,28)(H,24,25,26);/q-1;+1. The first-order chi connectivity index (χ1) is 14.0. The van der Waals surface area contributed by atoms with Crippen molar-refractivity contribution in [2.75, 3.05) is 0 Å². The van der Waals surface area contributed by atoms with Crippen LogP contribution in [0, 0.1) is 6.07 Å². The summed E-state index contributed by atoms with van der Waals surface area (Å²) in [6, 6.07) is 21.9. The fourth-order valence-electron chi connectivity index (χ4n) is 3.06. The van der Waals surface area contributed by atoms with Crippen molar-refractivity contribution in [2.45, 2.75) is 12.8 Å². The van der Waals surface area contributed by atoms with Gasteiger partial charge in [0.2, 0.25) is 0 Å². The van der Waals surface area contributed by atoms with Gasteiger partial charge in [0.25, 0.3) is 11.9 Å². The van der Waals surface area contributed by atoms with Crippen molar-refractivity contribution >= 4 is 51.3 Å². The molecule has 1 atom stereocenters. The number of aliphatic carboxylic acids is 1. The van der Waals surface area contributed by atoms with Crippen molar-refractivity contribution in [2.24, 2.45) is 4.99 Å². The molecule has 7 heteroatoms. The molecule has 3 aromatic rings. The third kappa shape index (κ3) is 4.84. The van der Waals surface area contributed by atoms with Crippen LogP contribution in [0.4, 0.5) is 5.69 Å². The number of nitrogens with one attached hydrogen (secondary N) is 1. The molecule has 1 unspecified atom stereocenters. The van der Waals surface area contributed by atoms with Gasteiger partial charge in [0, 0.05) is 5.92 Å². The molecule has 0 aliphatic carbocycles. The van der Waals surface area contributed by atoms with Crippen LogP contribution in [0.3, 0.4) is 0 Å². The zero-order chi connectivity index (χ0) is 20.4. The Morgan fingerprint density at radius 1 is 1.20 bits per heavy atom. The molecule has 0 bridgehead atoms. The van der Waals surface area contributed by atoms with Gasteiger partial charge >= 0.3 is 29.6 Å². The number of carbonyl (C=O) groups excluding carboxylic acids is 1. The van der Waals surface area contributed by atoms with Crippen molar-refractivity contribution in [3.8, 4) is 0 Å². The molecule has 3 aromatic carbocycles. The quantitative estimate of drug-likeness (QED) is 0.380. The van der Waals surface area contributed by atoms with Crippen molar-refractivity contribution in [1.29, 1.82) is 0 Å². The van der Waals surface area contributed by atoms with Crippen molar-refractivity contribution in [1.82, 2.24) is 5.32 Å². The van der Waals surface area contributed by atoms with Gasteiger partial charge in [0.15, 0.2) is 5.17 Å². The van der Waals surface area contributed by atoms with Crippen molar-refractivity contribution in [3.63, 3.8) is 0 Å². The molecule has 30 heavy (non-hydrogen) atoms. The Morgan fingerprint density at radius 2 is 1.97 bits per heavy atom. The summed E-state index contributed by atoms with van der Waals surface area (Å²) in [7, 11) is 0. The summed E-state index contributed by atoms with van der Waals surface area (Å²) < 4.78 is 0. The van der Waals surface area contributed by atoms with E-state index < -0.39 is 11.9 Å². The number of hydrogen-bond acceptors (Lipinski definition) is 4. The summed E-state index contributed by atoms with van der Waals surface area (Å²) in [6.07, 6.45) is 1.83. The molecule has 1 amide bonds. The fourth-order valence-corrected chi connectivity index (χ4v) is 3.89. The van der Waals surface area contributed by atoms with Gasteiger partial charge in [-0.2, -0.15) is 18.2 Å². The van der Waals surface area contributed by atoms with Gasteiger partial charge in [-0.3, -0.25) is 14.6 Å². The minimum absolute atomic E-state index is 0. The first-order valence-corrected chi connectivity index (χ1v) is 9.84. The van der Waals surface area contributed by atoms with Gasteiger partial charge in [-0.15, -0.1) is 11.6 Å². The minimum Gasteiger partial charge on any atom is -0.482 e. The molecule has 144 valence electrons. The first-order valence-electron chi connectivity index (χ1n) is 9.02. The maximum Gasteiger partial charge on any atom is 1.00 e. The van der Waals surface area contributed by atoms with E-state index in [4.69, 9.17) is 0 Å². The summed E-state index contributed by atoms with van der Waals surface area (Å²) in [6.45, 7) is 1.60. The predicted octanol–water partition coefficient (Wildman–Crippen LogP) is 1.72. The zero-order valence-electron chi connectivity index (χ0n) is 16.5. The van der Waals surface area contributed by atoms with Gasteiger partial charge in [-0.25, -0.2) is 0 Å². The second-order valence-electron chi connectivity index (χ2n) is 6.63. The van der Waals surface area contributed by atoms with E-state index in [1.54, 1.807) is 25.1 Å². The van der Waals surface area contributed by atoms with E-state index in [0.29, 0.717) is 21.3 Å². The number of benzene rings is 3. The van der Waals surface area contributed by atoms with Crippen molar-refractivity contribution in [3.05, 3.63) is 82.8 Å². The second kappa shape index (κ2) is 9.62. The van der Waals surface area contributed by atoms with Crippen LogP contribution in [0.1, 0.15) is 24.0 Å². The molecular formula is C23H17N2NaO3S. The van der Waals surface area contributed by atoms with Gasteiger partial charge in [0.05, 0.1) is 4.91 Å². The summed E-state index contributed by atoms with van der Waals surface area (Å²) in [5, 5.41) is 14.7. The van der Waals surface area contributed by atoms with Gasteiger partial charge in [0.1, 0.15) is 0 Å². The molecule has 1 fully saturated rings. The number of nitrogens with zero attached hydrogens (tertiary/aromatic N) is 1. The first kappa shape index (κ1) is 22.3. The Kier molecular flexibility index (Phi) is 7.15. The SMILES string of the molecule is CC(C(=O)O)c1c[c-]ccc1N=C1NC(=O)C(=Cc2ccc3ccccc3c2)S1.[Na+]. The molecule has 1 heterocycles. The Balaban J connectivity index is 0.00000256. The Bertz CT molecular complexity index is 1190. The Morgan fingerprint density at radius 3 is 2.73 bits per heavy atom. The van der Waals surface area contributed by atoms with E-state index in [1.807, 2.05) is 48.5 Å². The molecule has 2 N–H and O–H groups in total. The molecule has 0 spiro atoms. The summed E-state index contributed by atoms with van der Waals surface area (Å²) in [5.74, 6) is -1.88. The van der Waals surface area contributed by atoms with Gasteiger partial charge < -0.3 is 10.4 Å². The normalized spacial score (nSPS) is 17.0. The van der Waals surface area contributed by atoms with Gasteiger partial charge in [-0.1, -0.05) is 43.3 Å². The molecule has 0 radical (unpaired) electrons. The number of rotatable bonds is 4. The number of hydrogen-bond donors (Lipinski definition) is 2. The number of aliphatic imine (C=N–C) groups is 1. The average Bonchev–Trinajstić information content (AvgIpc) is 3.06. The number of amidine groups is 1. The van der Waals surface area contributed by atoms with Crippen LogP contribution in [0.2, 0.25) is 0 Å². The topological polar surface area (TPSA) is 78.8 Å². The summed E-state index contributed by atoms with van der Waals surface area (Å²) in [4.78, 5) is 28.7. The zero-order valence-corrected chi connectivity index (χ0v) is 19.4. The fraction of sp³-hybridized carbons (Fsp3) is 0.0870. The minimum atomic E-state index is -0.939. The molecule has 0 saturated carbocycles. The van der Waals surface area contributed by atoms with Crippen LogP contribution in [-0.4, -0.2) is 22.2 Å². The molecule has 4 rings (SSSR count). The number of carboxylic acids is 1. The predicted molar refractivity (Wildman–Crippen MR) is 116 cm³/mol. The third-order valence-electron chi connectivity index (χ3n) is 4.65. The van der Waals surface area contributed by atoms with Crippen LogP contribution >= 0.6 is 11.8 Å². The van der Waals surface area contributed by atoms with Gasteiger partial charge in [-0.05, 0) is 45.9 Å². The molecule has 1 saturated heterocycles. The number of carbonyl (C=O) groups is 2. The summed E-state index contributed by atoms with van der Waals surface area (Å²) >= 11 is 1.24. The van der Waals surface area contributed by atoms with Crippen LogP contribution in [0.5, 0.6) is 0 Å². The molecular weight excluding hydrogens is 407 g/mol. The van der Waals surface area contributed by atoms with Crippen LogP contribution in [-0.2, 0) is 9.59 Å². The molecule has 1 aliphatic rings. The third-order valence-corrected chi connectivity index (χ3v) is 5.56. The molecule has 0 aromatic heterocycles. The number of thioether (sulfide) groups is 1. The van der Waals surface area contributed by atoms with Crippen molar-refractivity contribution < 1.29 is 44.3 Å². The summed E-state index contributed by atoms with van der Waals surface area (Å²) in [5.41, 5.74) is 1.99. The smallest absolute Gasteiger partial charge is 0.482 e. The number of fused-ring (bicyclic) bond motifs is 1. The second-order valence-corrected chi connectivity index (χ2v) is 7.66. The van der Waals surface area contributed by atoms with E-state index >= 15 is 0 Å². The Labute approximate surface area is 200 Å². The van der Waals surface area contributed by atoms with Crippen LogP contribution in [0.15, 0.2) is 70.6 Å².